The summed E-state index contributed by atoms with van der Waals surface area (Å²) in [6.07, 6.45) is 0. The molecule has 0 aromatic heterocycles. The Labute approximate surface area is 102 Å². The van der Waals surface area contributed by atoms with Crippen molar-refractivity contribution in [3.63, 3.8) is 0 Å². The van der Waals surface area contributed by atoms with Crippen LogP contribution in [0, 0.1) is 5.92 Å². The monoisotopic (exact) mass is 290 g/mol. The van der Waals surface area contributed by atoms with Crippen molar-refractivity contribution >= 4 is 10.2 Å². The van der Waals surface area contributed by atoms with Crippen molar-refractivity contribution < 1.29 is 24.5 Å². The van der Waals surface area contributed by atoms with Crippen LogP contribution in [0.4, 0.5) is 19.4 Å². The fourth-order valence-corrected chi connectivity index (χ4v) is 2.38. The van der Waals surface area contributed by atoms with Crippen molar-refractivity contribution in [1.82, 2.24) is 0 Å². The summed E-state index contributed by atoms with van der Waals surface area (Å²) in [6, 6.07) is 3.05. The number of hydrogen-bond donors (Lipinski definition) is 1. The Morgan fingerprint density at radius 2 is 1.67 bits per heavy atom. The van der Waals surface area contributed by atoms with Gasteiger partial charge in [-0.1, -0.05) is 45.4 Å². The standard InChI is InChI=1S/C11H15F5OS/c1-8(2)11(7-17)9-4-3-5-10(6-9)18(12,13,14,15)16/h3-6,8,11,17H,7H2,1-2H3. The summed E-state index contributed by atoms with van der Waals surface area (Å²) in [6.45, 7) is 3.02. The van der Waals surface area contributed by atoms with Crippen LogP contribution in [-0.4, -0.2) is 11.7 Å². The highest BCUT2D eigenvalue weighted by Crippen LogP contribution is 3.02. The van der Waals surface area contributed by atoms with Crippen LogP contribution in [0.2, 0.25) is 0 Å². The normalized spacial score (nSPS) is 18.3. The van der Waals surface area contributed by atoms with E-state index in [0.29, 0.717) is 12.1 Å². The van der Waals surface area contributed by atoms with E-state index in [1.54, 1.807) is 13.8 Å². The highest BCUT2D eigenvalue weighted by Gasteiger charge is 2.65. The molecule has 1 rings (SSSR count). The van der Waals surface area contributed by atoms with Gasteiger partial charge in [0.05, 0.1) is 6.61 Å². The predicted octanol–water partition coefficient (Wildman–Crippen LogP) is 5.08. The van der Waals surface area contributed by atoms with Crippen LogP contribution in [-0.2, 0) is 0 Å². The lowest BCUT2D eigenvalue weighted by atomic mass is 9.89. The highest BCUT2D eigenvalue weighted by molar-refractivity contribution is 8.45. The Bertz CT molecular complexity index is 439. The Hall–Kier alpha value is -0.820. The second-order valence-corrected chi connectivity index (χ2v) is 6.98. The van der Waals surface area contributed by atoms with Gasteiger partial charge >= 0.3 is 10.2 Å². The summed E-state index contributed by atoms with van der Waals surface area (Å²) in [5.74, 6) is -0.742. The molecular formula is C11H15F5OS. The highest BCUT2D eigenvalue weighted by atomic mass is 32.5. The Morgan fingerprint density at radius 3 is 2.06 bits per heavy atom. The van der Waals surface area contributed by atoms with Gasteiger partial charge in [-0.05, 0) is 23.6 Å². The molecule has 1 aromatic carbocycles. The van der Waals surface area contributed by atoms with Crippen molar-refractivity contribution in [1.29, 1.82) is 0 Å². The van der Waals surface area contributed by atoms with Crippen LogP contribution < -0.4 is 0 Å². The molecule has 1 N–H and O–H groups in total. The SMILES string of the molecule is CC(C)C(CO)c1cccc(S(F)(F)(F)(F)F)c1. The summed E-state index contributed by atoms with van der Waals surface area (Å²) in [7, 11) is -9.65. The zero-order chi connectivity index (χ0) is 14.3. The zero-order valence-corrected chi connectivity index (χ0v) is 10.7. The molecule has 0 spiro atoms. The van der Waals surface area contributed by atoms with Crippen LogP contribution in [0.25, 0.3) is 0 Å². The van der Waals surface area contributed by atoms with Gasteiger partial charge in [-0.15, -0.1) is 0 Å². The van der Waals surface area contributed by atoms with Crippen LogP contribution in [0.3, 0.4) is 0 Å². The number of benzene rings is 1. The van der Waals surface area contributed by atoms with Gasteiger partial charge in [0.2, 0.25) is 0 Å². The van der Waals surface area contributed by atoms with Gasteiger partial charge in [-0.2, -0.15) is 0 Å². The first-order valence-electron chi connectivity index (χ1n) is 5.30. The molecule has 0 aliphatic heterocycles. The molecule has 1 atom stereocenters. The molecule has 1 aromatic rings. The fourth-order valence-electron chi connectivity index (χ4n) is 1.69. The van der Waals surface area contributed by atoms with E-state index in [9.17, 15) is 19.4 Å². The molecule has 0 fully saturated rings. The van der Waals surface area contributed by atoms with Crippen molar-refractivity contribution in [3.8, 4) is 0 Å². The molecule has 0 aliphatic rings. The Balaban J connectivity index is 3.32. The van der Waals surface area contributed by atoms with E-state index < -0.39 is 21.0 Å². The fraction of sp³-hybridized carbons (Fsp3) is 0.455. The van der Waals surface area contributed by atoms with Crippen molar-refractivity contribution in [2.24, 2.45) is 5.92 Å². The van der Waals surface area contributed by atoms with E-state index in [4.69, 9.17) is 5.11 Å². The molecule has 1 unspecified atom stereocenters. The number of rotatable bonds is 4. The maximum absolute atomic E-state index is 12.6. The minimum Gasteiger partial charge on any atom is -0.396 e. The molecule has 0 heterocycles. The van der Waals surface area contributed by atoms with Gasteiger partial charge in [0.25, 0.3) is 0 Å². The molecule has 0 amide bonds. The van der Waals surface area contributed by atoms with Gasteiger partial charge < -0.3 is 5.11 Å². The second kappa shape index (κ2) is 3.84. The first-order chi connectivity index (χ1) is 7.85. The third-order valence-electron chi connectivity index (χ3n) is 2.73. The van der Waals surface area contributed by atoms with E-state index in [0.717, 1.165) is 6.07 Å². The molecule has 0 saturated heterocycles. The number of halogens is 5. The van der Waals surface area contributed by atoms with E-state index in [-0.39, 0.29) is 18.1 Å². The quantitative estimate of drug-likeness (QED) is 0.767. The largest absolute Gasteiger partial charge is 0.396 e. The molecule has 7 heteroatoms. The lowest BCUT2D eigenvalue weighted by molar-refractivity contribution is 0.237. The van der Waals surface area contributed by atoms with Crippen LogP contribution in [0.5, 0.6) is 0 Å². The molecule has 0 saturated carbocycles. The second-order valence-electron chi connectivity index (χ2n) is 4.57. The van der Waals surface area contributed by atoms with Crippen molar-refractivity contribution in [3.05, 3.63) is 29.8 Å². The van der Waals surface area contributed by atoms with Gasteiger partial charge in [0.15, 0.2) is 0 Å². The zero-order valence-electron chi connectivity index (χ0n) is 9.92. The van der Waals surface area contributed by atoms with E-state index in [2.05, 4.69) is 0 Å². The topological polar surface area (TPSA) is 20.2 Å². The minimum atomic E-state index is -9.65. The first kappa shape index (κ1) is 15.2. The average molecular weight is 290 g/mol. The predicted molar refractivity (Wildman–Crippen MR) is 62.5 cm³/mol. The lowest BCUT2D eigenvalue weighted by Crippen LogP contribution is -2.13. The smallest absolute Gasteiger partial charge is 0.310 e. The molecule has 0 bridgehead atoms. The summed E-state index contributed by atoms with van der Waals surface area (Å²) < 4.78 is 63.2. The molecular weight excluding hydrogens is 275 g/mol. The third-order valence-corrected chi connectivity index (χ3v) is 3.88. The Morgan fingerprint density at radius 1 is 1.11 bits per heavy atom. The number of aliphatic hydroxyl groups excluding tert-OH is 1. The van der Waals surface area contributed by atoms with Gasteiger partial charge in [0.1, 0.15) is 4.90 Å². The van der Waals surface area contributed by atoms with Crippen LogP contribution in [0.15, 0.2) is 29.2 Å². The van der Waals surface area contributed by atoms with E-state index in [1.807, 2.05) is 0 Å². The van der Waals surface area contributed by atoms with Crippen molar-refractivity contribution in [2.45, 2.75) is 24.7 Å². The summed E-state index contributed by atoms with van der Waals surface area (Å²) in [5, 5.41) is 9.11. The van der Waals surface area contributed by atoms with E-state index >= 15 is 0 Å². The van der Waals surface area contributed by atoms with E-state index in [1.165, 1.54) is 6.07 Å². The molecule has 18 heavy (non-hydrogen) atoms. The maximum atomic E-state index is 12.6. The van der Waals surface area contributed by atoms with Crippen LogP contribution >= 0.6 is 10.2 Å². The summed E-state index contributed by atoms with van der Waals surface area (Å²) in [4.78, 5) is -1.91. The number of hydrogen-bond acceptors (Lipinski definition) is 1. The third kappa shape index (κ3) is 3.58. The van der Waals surface area contributed by atoms with Crippen LogP contribution in [0.1, 0.15) is 25.3 Å². The minimum absolute atomic E-state index is 0.0678. The molecule has 106 valence electrons. The lowest BCUT2D eigenvalue weighted by Gasteiger charge is -2.41. The average Bonchev–Trinajstić information content (AvgIpc) is 2.15. The number of aliphatic hydroxyl groups is 1. The van der Waals surface area contributed by atoms with Crippen molar-refractivity contribution in [2.75, 3.05) is 6.61 Å². The maximum Gasteiger partial charge on any atom is 0.310 e. The molecule has 1 nitrogen and oxygen atoms in total. The summed E-state index contributed by atoms with van der Waals surface area (Å²) in [5.41, 5.74) is 0.0678. The summed E-state index contributed by atoms with van der Waals surface area (Å²) >= 11 is 0. The Kier molecular flexibility index (Phi) is 3.25. The van der Waals surface area contributed by atoms with Gasteiger partial charge in [-0.25, -0.2) is 0 Å². The first-order valence-corrected chi connectivity index (χ1v) is 7.25. The molecule has 0 radical (unpaired) electrons. The van der Waals surface area contributed by atoms with Gasteiger partial charge in [-0.3, -0.25) is 0 Å². The molecule has 0 aliphatic carbocycles. The van der Waals surface area contributed by atoms with Gasteiger partial charge in [0, 0.05) is 5.92 Å².